The molecular weight excluding hydrogens is 400 g/mol. The zero-order chi connectivity index (χ0) is 22.6. The average Bonchev–Trinajstić information content (AvgIpc) is 3.44. The van der Waals surface area contributed by atoms with Crippen molar-refractivity contribution in [1.29, 1.82) is 0 Å². The van der Waals surface area contributed by atoms with E-state index in [1.165, 1.54) is 10.5 Å². The molecule has 0 unspecified atom stereocenters. The number of benzene rings is 2. The summed E-state index contributed by atoms with van der Waals surface area (Å²) in [4.78, 5) is 40.9. The lowest BCUT2D eigenvalue weighted by atomic mass is 9.82. The van der Waals surface area contributed by atoms with Crippen molar-refractivity contribution in [3.05, 3.63) is 70.8 Å². The minimum Gasteiger partial charge on any atom is -0.321 e. The zero-order valence-corrected chi connectivity index (χ0v) is 18.7. The fourth-order valence-corrected chi connectivity index (χ4v) is 5.90. The van der Waals surface area contributed by atoms with Gasteiger partial charge in [-0.25, -0.2) is 4.90 Å². The highest BCUT2D eigenvalue weighted by molar-refractivity contribution is 6.23. The Kier molecular flexibility index (Phi) is 5.00. The standard InChI is InChI=1S/C27H28N2O3/c1-4-16-8-6-9-17(5-2)24(16)28-25(30)18-10-7-11-20(13-18)29-26(31)22-19-12-15(3)21(14-19)23(22)27(29)32/h6-13,19,21-23H,4-5,14H2,1-3H3,(H,28,30)/t19-,21+,22+,23-/m0/s1. The molecule has 2 bridgehead atoms. The maximum Gasteiger partial charge on any atom is 0.255 e. The molecule has 4 atom stereocenters. The Balaban J connectivity index is 1.42. The Labute approximate surface area is 188 Å². The van der Waals surface area contributed by atoms with Crippen LogP contribution in [0.25, 0.3) is 0 Å². The fourth-order valence-electron chi connectivity index (χ4n) is 5.90. The molecule has 1 heterocycles. The molecule has 1 saturated carbocycles. The predicted molar refractivity (Wildman–Crippen MR) is 124 cm³/mol. The van der Waals surface area contributed by atoms with Crippen LogP contribution >= 0.6 is 0 Å². The van der Waals surface area contributed by atoms with Gasteiger partial charge in [0, 0.05) is 11.3 Å². The van der Waals surface area contributed by atoms with E-state index in [9.17, 15) is 14.4 Å². The van der Waals surface area contributed by atoms with Gasteiger partial charge in [-0.2, -0.15) is 0 Å². The van der Waals surface area contributed by atoms with Crippen LogP contribution in [0, 0.1) is 23.7 Å². The number of allylic oxidation sites excluding steroid dienone is 2. The molecule has 1 saturated heterocycles. The summed E-state index contributed by atoms with van der Waals surface area (Å²) in [7, 11) is 0. The van der Waals surface area contributed by atoms with E-state index in [1.807, 2.05) is 18.2 Å². The first-order valence-electron chi connectivity index (χ1n) is 11.5. The molecule has 2 fully saturated rings. The summed E-state index contributed by atoms with van der Waals surface area (Å²) < 4.78 is 0. The van der Waals surface area contributed by atoms with Crippen molar-refractivity contribution in [2.45, 2.75) is 40.0 Å². The Morgan fingerprint density at radius 3 is 2.34 bits per heavy atom. The van der Waals surface area contributed by atoms with Crippen LogP contribution in [0.15, 0.2) is 54.1 Å². The average molecular weight is 429 g/mol. The third kappa shape index (κ3) is 3.02. The van der Waals surface area contributed by atoms with Crippen LogP contribution in [0.5, 0.6) is 0 Å². The number of amides is 3. The molecule has 5 rings (SSSR count). The molecule has 5 nitrogen and oxygen atoms in total. The Bertz CT molecular complexity index is 1140. The number of nitrogens with one attached hydrogen (secondary N) is 1. The molecule has 0 spiro atoms. The highest BCUT2D eigenvalue weighted by atomic mass is 16.2. The smallest absolute Gasteiger partial charge is 0.255 e. The first-order chi connectivity index (χ1) is 15.4. The minimum absolute atomic E-state index is 0.123. The van der Waals surface area contributed by atoms with E-state index in [4.69, 9.17) is 0 Å². The SMILES string of the molecule is CCc1cccc(CC)c1NC(=O)c1cccc(N2C(=O)[C@@H]3[C@H](C2=O)[C@H]2C=C(C)[C@H]3C2)c1. The van der Waals surface area contributed by atoms with E-state index in [0.29, 0.717) is 11.3 Å². The first kappa shape index (κ1) is 20.7. The van der Waals surface area contributed by atoms with Gasteiger partial charge in [0.25, 0.3) is 5.91 Å². The van der Waals surface area contributed by atoms with Crippen LogP contribution in [0.3, 0.4) is 0 Å². The summed E-state index contributed by atoms with van der Waals surface area (Å²) in [5.74, 6) is -0.650. The van der Waals surface area contributed by atoms with Crippen molar-refractivity contribution in [3.8, 4) is 0 Å². The lowest BCUT2D eigenvalue weighted by Crippen LogP contribution is -2.33. The number of fused-ring (bicyclic) bond motifs is 5. The van der Waals surface area contributed by atoms with Crippen molar-refractivity contribution in [2.24, 2.45) is 23.7 Å². The molecule has 2 aliphatic carbocycles. The maximum absolute atomic E-state index is 13.2. The monoisotopic (exact) mass is 428 g/mol. The van der Waals surface area contributed by atoms with Gasteiger partial charge in [-0.3, -0.25) is 14.4 Å². The van der Waals surface area contributed by atoms with E-state index in [-0.39, 0.29) is 41.4 Å². The molecule has 2 aromatic rings. The third-order valence-electron chi connectivity index (χ3n) is 7.48. The van der Waals surface area contributed by atoms with Crippen molar-refractivity contribution in [2.75, 3.05) is 10.2 Å². The van der Waals surface area contributed by atoms with Gasteiger partial charge in [0.2, 0.25) is 11.8 Å². The number of imide groups is 1. The van der Waals surface area contributed by atoms with E-state index < -0.39 is 0 Å². The van der Waals surface area contributed by atoms with Crippen molar-refractivity contribution >= 4 is 29.1 Å². The summed E-state index contributed by atoms with van der Waals surface area (Å²) in [6.07, 6.45) is 4.71. The van der Waals surface area contributed by atoms with Crippen LogP contribution in [0.2, 0.25) is 0 Å². The van der Waals surface area contributed by atoms with Gasteiger partial charge in [0.1, 0.15) is 0 Å². The topological polar surface area (TPSA) is 66.5 Å². The number of hydrogen-bond donors (Lipinski definition) is 1. The largest absolute Gasteiger partial charge is 0.321 e. The molecule has 1 N–H and O–H groups in total. The summed E-state index contributed by atoms with van der Waals surface area (Å²) >= 11 is 0. The number of carbonyl (C=O) groups is 3. The molecule has 32 heavy (non-hydrogen) atoms. The number of carbonyl (C=O) groups excluding carboxylic acids is 3. The summed E-state index contributed by atoms with van der Waals surface area (Å²) in [5.41, 5.74) is 5.18. The highest BCUT2D eigenvalue weighted by Crippen LogP contribution is 2.55. The number of hydrogen-bond acceptors (Lipinski definition) is 3. The molecule has 5 heteroatoms. The van der Waals surface area contributed by atoms with Crippen LogP contribution in [0.1, 0.15) is 48.7 Å². The van der Waals surface area contributed by atoms with Crippen LogP contribution in [-0.2, 0) is 22.4 Å². The van der Waals surface area contributed by atoms with Gasteiger partial charge in [0.15, 0.2) is 0 Å². The zero-order valence-electron chi connectivity index (χ0n) is 18.7. The van der Waals surface area contributed by atoms with Crippen LogP contribution < -0.4 is 10.2 Å². The van der Waals surface area contributed by atoms with Gasteiger partial charge in [-0.15, -0.1) is 0 Å². The van der Waals surface area contributed by atoms with Gasteiger partial charge < -0.3 is 5.32 Å². The molecule has 0 aromatic heterocycles. The number of anilines is 2. The molecule has 0 radical (unpaired) electrons. The van der Waals surface area contributed by atoms with Crippen LogP contribution in [-0.4, -0.2) is 17.7 Å². The number of rotatable bonds is 5. The van der Waals surface area contributed by atoms with E-state index in [2.05, 4.69) is 32.2 Å². The molecule has 164 valence electrons. The van der Waals surface area contributed by atoms with Gasteiger partial charge >= 0.3 is 0 Å². The summed E-state index contributed by atoms with van der Waals surface area (Å²) in [6.45, 7) is 6.19. The molecular formula is C27H28N2O3. The quantitative estimate of drug-likeness (QED) is 0.551. The number of para-hydroxylation sites is 1. The lowest BCUT2D eigenvalue weighted by molar-refractivity contribution is -0.123. The second-order valence-corrected chi connectivity index (χ2v) is 9.14. The maximum atomic E-state index is 13.2. The summed E-state index contributed by atoms with van der Waals surface area (Å²) in [5, 5.41) is 3.07. The van der Waals surface area contributed by atoms with Crippen molar-refractivity contribution in [3.63, 3.8) is 0 Å². The Morgan fingerprint density at radius 1 is 1.00 bits per heavy atom. The number of nitrogens with zero attached hydrogens (tertiary/aromatic N) is 1. The number of aryl methyl sites for hydroxylation is 2. The van der Waals surface area contributed by atoms with Gasteiger partial charge in [-0.05, 0) is 67.3 Å². The Morgan fingerprint density at radius 2 is 1.66 bits per heavy atom. The normalized spacial score (nSPS) is 25.8. The Hall–Kier alpha value is -3.21. The predicted octanol–water partition coefficient (Wildman–Crippen LogP) is 4.77. The first-order valence-corrected chi connectivity index (χ1v) is 11.5. The molecule has 3 aliphatic rings. The van der Waals surface area contributed by atoms with Gasteiger partial charge in [-0.1, -0.05) is 49.8 Å². The molecule has 3 amide bonds. The highest BCUT2D eigenvalue weighted by Gasteiger charge is 2.60. The fraction of sp³-hybridized carbons (Fsp3) is 0.370. The lowest BCUT2D eigenvalue weighted by Gasteiger charge is -2.19. The second kappa shape index (κ2) is 7.73. The molecule has 1 aliphatic heterocycles. The van der Waals surface area contributed by atoms with Crippen LogP contribution in [0.4, 0.5) is 11.4 Å². The summed E-state index contributed by atoms with van der Waals surface area (Å²) in [6, 6.07) is 12.9. The van der Waals surface area contributed by atoms with E-state index >= 15 is 0 Å². The van der Waals surface area contributed by atoms with E-state index in [1.54, 1.807) is 24.3 Å². The van der Waals surface area contributed by atoms with Gasteiger partial charge in [0.05, 0.1) is 17.5 Å². The van der Waals surface area contributed by atoms with Crippen molar-refractivity contribution in [1.82, 2.24) is 0 Å². The van der Waals surface area contributed by atoms with Crippen molar-refractivity contribution < 1.29 is 14.4 Å². The molecule has 2 aromatic carbocycles. The third-order valence-corrected chi connectivity index (χ3v) is 7.48. The van der Waals surface area contributed by atoms with E-state index in [0.717, 1.165) is 36.1 Å². The second-order valence-electron chi connectivity index (χ2n) is 9.14. The minimum atomic E-state index is -0.253.